The van der Waals surface area contributed by atoms with E-state index in [9.17, 15) is 4.79 Å². The van der Waals surface area contributed by atoms with Crippen molar-refractivity contribution in [1.82, 2.24) is 4.98 Å². The van der Waals surface area contributed by atoms with Crippen molar-refractivity contribution in [2.75, 3.05) is 11.4 Å². The van der Waals surface area contributed by atoms with Crippen LogP contribution in [0.1, 0.15) is 34.5 Å². The lowest BCUT2D eigenvalue weighted by atomic mass is 10.1. The van der Waals surface area contributed by atoms with Crippen molar-refractivity contribution in [2.24, 2.45) is 0 Å². The Morgan fingerprint density at radius 2 is 2.00 bits per heavy atom. The molecule has 3 heteroatoms. The van der Waals surface area contributed by atoms with Gasteiger partial charge in [-0.3, -0.25) is 9.78 Å². The Hall–Kier alpha value is -2.16. The molecule has 0 unspecified atom stereocenters. The van der Waals surface area contributed by atoms with Gasteiger partial charge in [-0.15, -0.1) is 0 Å². The first-order valence-corrected chi connectivity index (χ1v) is 7.08. The molecule has 2 heterocycles. The summed E-state index contributed by atoms with van der Waals surface area (Å²) in [4.78, 5) is 18.8. The standard InChI is InChI=1S/C17H18N2O/c1-13-9-10-15(18-12-13)17(20)19-11-5-4-7-14-6-2-3-8-16(14)19/h2-3,6,8-10,12H,4-5,7,11H2,1H3. The van der Waals surface area contributed by atoms with Gasteiger partial charge < -0.3 is 4.90 Å². The van der Waals surface area contributed by atoms with E-state index < -0.39 is 0 Å². The zero-order chi connectivity index (χ0) is 13.9. The molecule has 0 spiro atoms. The number of hydrogen-bond acceptors (Lipinski definition) is 2. The maximum Gasteiger partial charge on any atom is 0.276 e. The van der Waals surface area contributed by atoms with Crippen molar-refractivity contribution >= 4 is 11.6 Å². The molecule has 102 valence electrons. The topological polar surface area (TPSA) is 33.2 Å². The molecule has 0 saturated carbocycles. The van der Waals surface area contributed by atoms with Crippen LogP contribution in [0.5, 0.6) is 0 Å². The zero-order valence-electron chi connectivity index (χ0n) is 11.7. The number of fused-ring (bicyclic) bond motifs is 1. The van der Waals surface area contributed by atoms with Crippen LogP contribution in [-0.2, 0) is 6.42 Å². The number of hydrogen-bond donors (Lipinski definition) is 0. The fourth-order valence-corrected chi connectivity index (χ4v) is 2.63. The van der Waals surface area contributed by atoms with Crippen molar-refractivity contribution in [3.05, 3.63) is 59.4 Å². The summed E-state index contributed by atoms with van der Waals surface area (Å²) in [7, 11) is 0. The highest BCUT2D eigenvalue weighted by Gasteiger charge is 2.22. The number of anilines is 1. The summed E-state index contributed by atoms with van der Waals surface area (Å²) in [6, 6.07) is 11.9. The number of para-hydroxylation sites is 1. The molecule has 3 nitrogen and oxygen atoms in total. The third-order valence-corrected chi connectivity index (χ3v) is 3.74. The molecule has 0 radical (unpaired) electrons. The van der Waals surface area contributed by atoms with Gasteiger partial charge >= 0.3 is 0 Å². The molecule has 1 aromatic carbocycles. The number of carbonyl (C=O) groups is 1. The van der Waals surface area contributed by atoms with E-state index in [1.54, 1.807) is 6.20 Å². The summed E-state index contributed by atoms with van der Waals surface area (Å²) in [6.45, 7) is 2.74. The van der Waals surface area contributed by atoms with Crippen molar-refractivity contribution in [1.29, 1.82) is 0 Å². The summed E-state index contributed by atoms with van der Waals surface area (Å²) < 4.78 is 0. The van der Waals surface area contributed by atoms with Crippen molar-refractivity contribution in [3.63, 3.8) is 0 Å². The Bertz CT molecular complexity index is 619. The molecule has 0 fully saturated rings. The molecule has 0 aliphatic carbocycles. The average molecular weight is 266 g/mol. The monoisotopic (exact) mass is 266 g/mol. The van der Waals surface area contributed by atoms with Crippen LogP contribution in [0.4, 0.5) is 5.69 Å². The quantitative estimate of drug-likeness (QED) is 0.793. The number of rotatable bonds is 1. The Morgan fingerprint density at radius 3 is 2.80 bits per heavy atom. The fraction of sp³-hybridized carbons (Fsp3) is 0.294. The Kier molecular flexibility index (Phi) is 3.50. The summed E-state index contributed by atoms with van der Waals surface area (Å²) in [5.41, 5.74) is 3.88. The Balaban J connectivity index is 1.97. The minimum absolute atomic E-state index is 0.000602. The first-order chi connectivity index (χ1) is 9.75. The van der Waals surface area contributed by atoms with Gasteiger partial charge in [-0.25, -0.2) is 0 Å². The first kappa shape index (κ1) is 12.9. The molecule has 0 atom stereocenters. The molecule has 0 N–H and O–H groups in total. The minimum Gasteiger partial charge on any atom is -0.307 e. The minimum atomic E-state index is -0.000602. The molecule has 20 heavy (non-hydrogen) atoms. The van der Waals surface area contributed by atoms with E-state index in [0.29, 0.717) is 5.69 Å². The number of aryl methyl sites for hydroxylation is 2. The number of aromatic nitrogens is 1. The van der Waals surface area contributed by atoms with E-state index in [-0.39, 0.29) is 5.91 Å². The molecule has 1 aliphatic rings. The number of amides is 1. The summed E-state index contributed by atoms with van der Waals surface area (Å²) in [6.07, 6.45) is 4.95. The van der Waals surface area contributed by atoms with Gasteiger partial charge in [-0.2, -0.15) is 0 Å². The zero-order valence-corrected chi connectivity index (χ0v) is 11.7. The van der Waals surface area contributed by atoms with Gasteiger partial charge in [0.05, 0.1) is 0 Å². The van der Waals surface area contributed by atoms with Gasteiger partial charge in [-0.05, 0) is 49.4 Å². The highest BCUT2D eigenvalue weighted by Crippen LogP contribution is 2.27. The third kappa shape index (κ3) is 2.44. The van der Waals surface area contributed by atoms with E-state index >= 15 is 0 Å². The van der Waals surface area contributed by atoms with Crippen LogP contribution < -0.4 is 4.90 Å². The maximum atomic E-state index is 12.7. The second-order valence-corrected chi connectivity index (χ2v) is 5.26. The molecular formula is C17H18N2O. The Labute approximate surface area is 119 Å². The molecule has 1 amide bonds. The van der Waals surface area contributed by atoms with Gasteiger partial charge in [-0.1, -0.05) is 24.3 Å². The summed E-state index contributed by atoms with van der Waals surface area (Å²) in [5, 5.41) is 0. The average Bonchev–Trinajstić information content (AvgIpc) is 2.69. The van der Waals surface area contributed by atoms with E-state index in [1.165, 1.54) is 5.56 Å². The molecule has 2 aromatic rings. The molecule has 1 aliphatic heterocycles. The first-order valence-electron chi connectivity index (χ1n) is 7.08. The SMILES string of the molecule is Cc1ccc(C(=O)N2CCCCc3ccccc32)nc1. The van der Waals surface area contributed by atoms with Gasteiger partial charge in [0.25, 0.3) is 5.91 Å². The van der Waals surface area contributed by atoms with Crippen LogP contribution in [0.2, 0.25) is 0 Å². The van der Waals surface area contributed by atoms with Crippen molar-refractivity contribution in [2.45, 2.75) is 26.2 Å². The van der Waals surface area contributed by atoms with Gasteiger partial charge in [0.2, 0.25) is 0 Å². The lowest BCUT2D eigenvalue weighted by Crippen LogP contribution is -2.32. The number of nitrogens with zero attached hydrogens (tertiary/aromatic N) is 2. The van der Waals surface area contributed by atoms with Crippen LogP contribution >= 0.6 is 0 Å². The van der Waals surface area contributed by atoms with Crippen LogP contribution in [0.25, 0.3) is 0 Å². The predicted molar refractivity (Wildman–Crippen MR) is 80.0 cm³/mol. The number of pyridine rings is 1. The molecule has 1 aromatic heterocycles. The second-order valence-electron chi connectivity index (χ2n) is 5.26. The Morgan fingerprint density at radius 1 is 1.15 bits per heavy atom. The second kappa shape index (κ2) is 5.45. The highest BCUT2D eigenvalue weighted by atomic mass is 16.2. The number of carbonyl (C=O) groups excluding carboxylic acids is 1. The largest absolute Gasteiger partial charge is 0.307 e. The lowest BCUT2D eigenvalue weighted by Gasteiger charge is -2.22. The van der Waals surface area contributed by atoms with Gasteiger partial charge in [0.15, 0.2) is 0 Å². The van der Waals surface area contributed by atoms with Crippen LogP contribution in [0.3, 0.4) is 0 Å². The third-order valence-electron chi connectivity index (χ3n) is 3.74. The van der Waals surface area contributed by atoms with Gasteiger partial charge in [0.1, 0.15) is 5.69 Å². The smallest absolute Gasteiger partial charge is 0.276 e. The van der Waals surface area contributed by atoms with E-state index in [2.05, 4.69) is 11.1 Å². The summed E-state index contributed by atoms with van der Waals surface area (Å²) >= 11 is 0. The van der Waals surface area contributed by atoms with E-state index in [1.807, 2.05) is 42.2 Å². The van der Waals surface area contributed by atoms with Crippen molar-refractivity contribution < 1.29 is 4.79 Å². The van der Waals surface area contributed by atoms with Crippen molar-refractivity contribution in [3.8, 4) is 0 Å². The summed E-state index contributed by atoms with van der Waals surface area (Å²) in [5.74, 6) is -0.000602. The van der Waals surface area contributed by atoms with E-state index in [4.69, 9.17) is 0 Å². The highest BCUT2D eigenvalue weighted by molar-refractivity contribution is 6.05. The van der Waals surface area contributed by atoms with Crippen LogP contribution in [-0.4, -0.2) is 17.4 Å². The van der Waals surface area contributed by atoms with E-state index in [0.717, 1.165) is 37.1 Å². The molecule has 0 bridgehead atoms. The molecular weight excluding hydrogens is 248 g/mol. The molecule has 3 rings (SSSR count). The predicted octanol–water partition coefficient (Wildman–Crippen LogP) is 3.37. The molecule has 0 saturated heterocycles. The maximum absolute atomic E-state index is 12.7. The number of benzene rings is 1. The van der Waals surface area contributed by atoms with Crippen LogP contribution in [0, 0.1) is 6.92 Å². The van der Waals surface area contributed by atoms with Crippen LogP contribution in [0.15, 0.2) is 42.6 Å². The fourth-order valence-electron chi connectivity index (χ4n) is 2.63. The normalized spacial score (nSPS) is 14.6. The van der Waals surface area contributed by atoms with Gasteiger partial charge in [0, 0.05) is 18.4 Å². The lowest BCUT2D eigenvalue weighted by molar-refractivity contribution is 0.0982.